The number of hydrogen-bond donors (Lipinski definition) is 1. The average molecular weight is 230 g/mol. The molecule has 0 radical (unpaired) electrons. The summed E-state index contributed by atoms with van der Waals surface area (Å²) in [4.78, 5) is 11.4. The van der Waals surface area contributed by atoms with Crippen LogP contribution in [0.1, 0.15) is 6.92 Å². The molecule has 0 aliphatic carbocycles. The van der Waals surface area contributed by atoms with Gasteiger partial charge >= 0.3 is 6.09 Å². The van der Waals surface area contributed by atoms with Crippen LogP contribution in [-0.4, -0.2) is 17.2 Å². The Morgan fingerprint density at radius 3 is 2.65 bits per heavy atom. The summed E-state index contributed by atoms with van der Waals surface area (Å²) in [5, 5.41) is 2.60. The van der Waals surface area contributed by atoms with Gasteiger partial charge in [-0.15, -0.1) is 0 Å². The van der Waals surface area contributed by atoms with Crippen LogP contribution in [0.4, 0.5) is 4.79 Å². The first-order chi connectivity index (χ1) is 8.31. The van der Waals surface area contributed by atoms with Crippen molar-refractivity contribution in [3.63, 3.8) is 0 Å². The van der Waals surface area contributed by atoms with Gasteiger partial charge < -0.3 is 14.6 Å². The van der Waals surface area contributed by atoms with E-state index in [4.69, 9.17) is 4.74 Å². The van der Waals surface area contributed by atoms with Crippen LogP contribution in [0.15, 0.2) is 48.8 Å². The predicted molar refractivity (Wildman–Crippen MR) is 65.5 cm³/mol. The van der Waals surface area contributed by atoms with E-state index in [9.17, 15) is 4.79 Å². The topological polar surface area (TPSA) is 43.3 Å². The number of amides is 1. The minimum absolute atomic E-state index is 0.438. The van der Waals surface area contributed by atoms with E-state index in [-0.39, 0.29) is 0 Å². The molecule has 1 N–H and O–H groups in total. The van der Waals surface area contributed by atoms with E-state index < -0.39 is 6.09 Å². The van der Waals surface area contributed by atoms with Gasteiger partial charge in [0.1, 0.15) is 0 Å². The van der Waals surface area contributed by atoms with Crippen molar-refractivity contribution >= 4 is 6.09 Å². The molecule has 4 heteroatoms. The van der Waals surface area contributed by atoms with E-state index in [0.717, 1.165) is 5.69 Å². The predicted octanol–water partition coefficient (Wildman–Crippen LogP) is 2.59. The highest BCUT2D eigenvalue weighted by molar-refractivity contribution is 5.71. The van der Waals surface area contributed by atoms with Crippen molar-refractivity contribution in [2.24, 2.45) is 0 Å². The number of benzene rings is 1. The highest BCUT2D eigenvalue weighted by Crippen LogP contribution is 2.22. The van der Waals surface area contributed by atoms with Crippen molar-refractivity contribution in [2.45, 2.75) is 6.92 Å². The number of rotatable bonds is 3. The maximum atomic E-state index is 11.4. The van der Waals surface area contributed by atoms with Crippen molar-refractivity contribution in [1.82, 2.24) is 9.88 Å². The number of carbonyl (C=O) groups is 1. The van der Waals surface area contributed by atoms with Crippen LogP contribution in [0.2, 0.25) is 0 Å². The van der Waals surface area contributed by atoms with Gasteiger partial charge in [0, 0.05) is 18.9 Å². The third-order valence-electron chi connectivity index (χ3n) is 2.27. The summed E-state index contributed by atoms with van der Waals surface area (Å²) in [5.74, 6) is 0.537. The Balaban J connectivity index is 2.25. The van der Waals surface area contributed by atoms with E-state index >= 15 is 0 Å². The van der Waals surface area contributed by atoms with Gasteiger partial charge in [0.2, 0.25) is 0 Å². The quantitative estimate of drug-likeness (QED) is 0.880. The SMILES string of the molecule is CCNC(=O)Oc1ccccc1-n1cccc1. The Morgan fingerprint density at radius 2 is 1.94 bits per heavy atom. The zero-order valence-electron chi connectivity index (χ0n) is 9.59. The summed E-state index contributed by atoms with van der Waals surface area (Å²) in [7, 11) is 0. The summed E-state index contributed by atoms with van der Waals surface area (Å²) >= 11 is 0. The zero-order chi connectivity index (χ0) is 12.1. The molecule has 0 atom stereocenters. The fraction of sp³-hybridized carbons (Fsp3) is 0.154. The molecule has 2 rings (SSSR count). The molecule has 0 unspecified atom stereocenters. The smallest absolute Gasteiger partial charge is 0.408 e. The summed E-state index contributed by atoms with van der Waals surface area (Å²) < 4.78 is 7.14. The molecule has 0 aliphatic rings. The molecule has 0 saturated carbocycles. The van der Waals surface area contributed by atoms with E-state index in [0.29, 0.717) is 12.3 Å². The monoisotopic (exact) mass is 230 g/mol. The fourth-order valence-corrected chi connectivity index (χ4v) is 1.53. The normalized spacial score (nSPS) is 9.94. The van der Waals surface area contributed by atoms with Crippen molar-refractivity contribution in [3.05, 3.63) is 48.8 Å². The lowest BCUT2D eigenvalue weighted by molar-refractivity contribution is 0.201. The molecule has 0 fully saturated rings. The number of nitrogens with zero attached hydrogens (tertiary/aromatic N) is 1. The number of hydrogen-bond acceptors (Lipinski definition) is 2. The third kappa shape index (κ3) is 2.66. The molecule has 0 bridgehead atoms. The summed E-state index contributed by atoms with van der Waals surface area (Å²) in [5.41, 5.74) is 0.837. The molecule has 0 saturated heterocycles. The van der Waals surface area contributed by atoms with Crippen molar-refractivity contribution in [1.29, 1.82) is 0 Å². The second-order valence-electron chi connectivity index (χ2n) is 3.48. The van der Waals surface area contributed by atoms with Gasteiger partial charge in [0.05, 0.1) is 5.69 Å². The van der Waals surface area contributed by atoms with Crippen LogP contribution >= 0.6 is 0 Å². The largest absolute Gasteiger partial charge is 0.412 e. The highest BCUT2D eigenvalue weighted by atomic mass is 16.6. The molecule has 17 heavy (non-hydrogen) atoms. The van der Waals surface area contributed by atoms with Crippen LogP contribution in [0.25, 0.3) is 5.69 Å². The number of aromatic nitrogens is 1. The van der Waals surface area contributed by atoms with Crippen LogP contribution in [-0.2, 0) is 0 Å². The number of ether oxygens (including phenoxy) is 1. The molecule has 2 aromatic rings. The molecule has 1 heterocycles. The van der Waals surface area contributed by atoms with Gasteiger partial charge in [0.15, 0.2) is 5.75 Å². The van der Waals surface area contributed by atoms with Crippen molar-refractivity contribution in [3.8, 4) is 11.4 Å². The van der Waals surface area contributed by atoms with E-state index in [1.807, 2.05) is 54.2 Å². The number of para-hydroxylation sites is 2. The minimum Gasteiger partial charge on any atom is -0.408 e. The Labute approximate surface area is 99.8 Å². The molecule has 0 aliphatic heterocycles. The van der Waals surface area contributed by atoms with E-state index in [1.165, 1.54) is 0 Å². The van der Waals surface area contributed by atoms with Gasteiger partial charge in [0.25, 0.3) is 0 Å². The third-order valence-corrected chi connectivity index (χ3v) is 2.27. The zero-order valence-corrected chi connectivity index (χ0v) is 9.59. The standard InChI is InChI=1S/C13H14N2O2/c1-2-14-13(16)17-12-8-4-3-7-11(12)15-9-5-6-10-15/h3-10H,2H2,1H3,(H,14,16). The van der Waals surface area contributed by atoms with E-state index in [1.54, 1.807) is 6.07 Å². The summed E-state index contributed by atoms with van der Waals surface area (Å²) in [6, 6.07) is 11.2. The molecule has 0 spiro atoms. The van der Waals surface area contributed by atoms with Crippen molar-refractivity contribution < 1.29 is 9.53 Å². The first-order valence-electron chi connectivity index (χ1n) is 5.49. The van der Waals surface area contributed by atoms with Gasteiger partial charge in [-0.2, -0.15) is 0 Å². The molecule has 88 valence electrons. The Kier molecular flexibility index (Phi) is 3.45. The van der Waals surface area contributed by atoms with Crippen LogP contribution in [0.3, 0.4) is 0 Å². The van der Waals surface area contributed by atoms with Crippen LogP contribution in [0.5, 0.6) is 5.75 Å². The fourth-order valence-electron chi connectivity index (χ4n) is 1.53. The Bertz CT molecular complexity index is 492. The Morgan fingerprint density at radius 1 is 1.24 bits per heavy atom. The molecule has 4 nitrogen and oxygen atoms in total. The van der Waals surface area contributed by atoms with Gasteiger partial charge in [-0.05, 0) is 31.2 Å². The lowest BCUT2D eigenvalue weighted by Gasteiger charge is -2.10. The number of nitrogens with one attached hydrogen (secondary N) is 1. The average Bonchev–Trinajstić information content (AvgIpc) is 2.83. The van der Waals surface area contributed by atoms with Crippen LogP contribution < -0.4 is 10.1 Å². The van der Waals surface area contributed by atoms with Crippen LogP contribution in [0, 0.1) is 0 Å². The lowest BCUT2D eigenvalue weighted by Crippen LogP contribution is -2.26. The molecule has 1 aromatic carbocycles. The summed E-state index contributed by atoms with van der Waals surface area (Å²) in [6.45, 7) is 2.39. The second-order valence-corrected chi connectivity index (χ2v) is 3.48. The highest BCUT2D eigenvalue weighted by Gasteiger charge is 2.08. The van der Waals surface area contributed by atoms with Crippen molar-refractivity contribution in [2.75, 3.05) is 6.54 Å². The first kappa shape index (κ1) is 11.3. The molecule has 1 aromatic heterocycles. The van der Waals surface area contributed by atoms with Gasteiger partial charge in [-0.25, -0.2) is 4.79 Å². The maximum Gasteiger partial charge on any atom is 0.412 e. The van der Waals surface area contributed by atoms with Gasteiger partial charge in [-0.1, -0.05) is 12.1 Å². The lowest BCUT2D eigenvalue weighted by atomic mass is 10.3. The molecule has 1 amide bonds. The maximum absolute atomic E-state index is 11.4. The second kappa shape index (κ2) is 5.21. The van der Waals surface area contributed by atoms with Gasteiger partial charge in [-0.3, -0.25) is 0 Å². The molecular formula is C13H14N2O2. The minimum atomic E-state index is -0.438. The summed E-state index contributed by atoms with van der Waals surface area (Å²) in [6.07, 6.45) is 3.37. The number of carbonyl (C=O) groups excluding carboxylic acids is 1. The first-order valence-corrected chi connectivity index (χ1v) is 5.49. The van der Waals surface area contributed by atoms with E-state index in [2.05, 4.69) is 5.32 Å². The Hall–Kier alpha value is -2.23. The molecular weight excluding hydrogens is 216 g/mol.